The average Bonchev–Trinajstić information content (AvgIpc) is 2.69. The third kappa shape index (κ3) is 5.58. The first-order valence-electron chi connectivity index (χ1n) is 9.33. The minimum Gasteiger partial charge on any atom is -0.491 e. The van der Waals surface area contributed by atoms with Crippen molar-refractivity contribution in [2.24, 2.45) is 0 Å². The van der Waals surface area contributed by atoms with Crippen molar-refractivity contribution in [2.45, 2.75) is 33.4 Å². The van der Waals surface area contributed by atoms with E-state index >= 15 is 0 Å². The molecule has 0 saturated carbocycles. The molecule has 1 amide bonds. The number of carbonyl (C=O) groups is 1. The zero-order chi connectivity index (χ0) is 19.9. The molecule has 3 rings (SSSR count). The Balaban J connectivity index is 1.55. The molecule has 0 aliphatic heterocycles. The van der Waals surface area contributed by atoms with Gasteiger partial charge in [-0.05, 0) is 62.7 Å². The molecule has 5 heteroatoms. The van der Waals surface area contributed by atoms with Gasteiger partial charge in [-0.2, -0.15) is 0 Å². The van der Waals surface area contributed by atoms with Gasteiger partial charge in [-0.15, -0.1) is 0 Å². The number of aryl methyl sites for hydroxylation is 1. The Morgan fingerprint density at radius 1 is 0.964 bits per heavy atom. The van der Waals surface area contributed by atoms with E-state index in [1.807, 2.05) is 44.2 Å². The van der Waals surface area contributed by atoms with Crippen molar-refractivity contribution >= 4 is 17.3 Å². The van der Waals surface area contributed by atoms with Crippen LogP contribution in [0.3, 0.4) is 0 Å². The molecule has 1 aromatic heterocycles. The van der Waals surface area contributed by atoms with Crippen LogP contribution in [0.2, 0.25) is 0 Å². The van der Waals surface area contributed by atoms with Crippen molar-refractivity contribution in [2.75, 3.05) is 10.6 Å². The van der Waals surface area contributed by atoms with Crippen LogP contribution >= 0.6 is 0 Å². The van der Waals surface area contributed by atoms with Crippen molar-refractivity contribution < 1.29 is 9.53 Å². The van der Waals surface area contributed by atoms with E-state index in [0.29, 0.717) is 17.9 Å². The van der Waals surface area contributed by atoms with Gasteiger partial charge in [0, 0.05) is 12.2 Å². The van der Waals surface area contributed by atoms with Crippen LogP contribution in [0.4, 0.5) is 11.4 Å². The van der Waals surface area contributed by atoms with Crippen molar-refractivity contribution in [3.05, 3.63) is 83.7 Å². The quantitative estimate of drug-likeness (QED) is 0.607. The van der Waals surface area contributed by atoms with Crippen molar-refractivity contribution in [3.63, 3.8) is 0 Å². The van der Waals surface area contributed by atoms with E-state index in [1.54, 1.807) is 12.3 Å². The SMILES string of the molecule is Cc1ccc(CNc2ccc(C(=O)Nc3ccc(OC(C)C)cc3)nc2)cc1. The van der Waals surface area contributed by atoms with E-state index in [1.165, 1.54) is 11.1 Å². The molecule has 0 unspecified atom stereocenters. The number of rotatable bonds is 7. The van der Waals surface area contributed by atoms with Crippen LogP contribution < -0.4 is 15.4 Å². The fourth-order valence-electron chi connectivity index (χ4n) is 2.63. The number of hydrogen-bond acceptors (Lipinski definition) is 4. The van der Waals surface area contributed by atoms with Gasteiger partial charge in [0.15, 0.2) is 0 Å². The fraction of sp³-hybridized carbons (Fsp3) is 0.217. The number of benzene rings is 2. The first-order valence-corrected chi connectivity index (χ1v) is 9.33. The zero-order valence-electron chi connectivity index (χ0n) is 16.4. The van der Waals surface area contributed by atoms with Gasteiger partial charge in [0.1, 0.15) is 11.4 Å². The Morgan fingerprint density at radius 3 is 2.25 bits per heavy atom. The molecule has 0 spiro atoms. The maximum absolute atomic E-state index is 12.4. The Bertz CT molecular complexity index is 902. The molecule has 144 valence electrons. The maximum Gasteiger partial charge on any atom is 0.274 e. The molecule has 0 radical (unpaired) electrons. The first kappa shape index (κ1) is 19.4. The van der Waals surface area contributed by atoms with Crippen LogP contribution in [0, 0.1) is 6.92 Å². The molecule has 0 saturated heterocycles. The molecule has 0 bridgehead atoms. The van der Waals surface area contributed by atoms with Gasteiger partial charge in [-0.1, -0.05) is 29.8 Å². The van der Waals surface area contributed by atoms with Crippen LogP contribution in [0.25, 0.3) is 0 Å². The maximum atomic E-state index is 12.4. The van der Waals surface area contributed by atoms with Gasteiger partial charge < -0.3 is 15.4 Å². The highest BCUT2D eigenvalue weighted by molar-refractivity contribution is 6.02. The van der Waals surface area contributed by atoms with E-state index in [-0.39, 0.29) is 12.0 Å². The second-order valence-corrected chi connectivity index (χ2v) is 6.92. The van der Waals surface area contributed by atoms with Crippen LogP contribution in [-0.2, 0) is 6.54 Å². The zero-order valence-corrected chi connectivity index (χ0v) is 16.4. The number of aromatic nitrogens is 1. The number of nitrogens with one attached hydrogen (secondary N) is 2. The summed E-state index contributed by atoms with van der Waals surface area (Å²) in [5, 5.41) is 6.15. The molecule has 2 N–H and O–H groups in total. The van der Waals surface area contributed by atoms with Crippen LogP contribution in [0.5, 0.6) is 5.75 Å². The van der Waals surface area contributed by atoms with Gasteiger partial charge in [-0.25, -0.2) is 4.98 Å². The summed E-state index contributed by atoms with van der Waals surface area (Å²) in [5.74, 6) is 0.526. The van der Waals surface area contributed by atoms with Crippen molar-refractivity contribution in [1.29, 1.82) is 0 Å². The second-order valence-electron chi connectivity index (χ2n) is 6.92. The van der Waals surface area contributed by atoms with Gasteiger partial charge in [0.2, 0.25) is 0 Å². The second kappa shape index (κ2) is 9.04. The van der Waals surface area contributed by atoms with E-state index in [9.17, 15) is 4.79 Å². The number of amides is 1. The highest BCUT2D eigenvalue weighted by atomic mass is 16.5. The average molecular weight is 375 g/mol. The lowest BCUT2D eigenvalue weighted by Crippen LogP contribution is -2.14. The summed E-state index contributed by atoms with van der Waals surface area (Å²) in [7, 11) is 0. The normalized spacial score (nSPS) is 10.6. The summed E-state index contributed by atoms with van der Waals surface area (Å²) in [5.41, 5.74) is 4.36. The first-order chi connectivity index (χ1) is 13.5. The Hall–Kier alpha value is -3.34. The number of pyridine rings is 1. The van der Waals surface area contributed by atoms with Gasteiger partial charge in [0.05, 0.1) is 18.0 Å². The summed E-state index contributed by atoms with van der Waals surface area (Å²) in [6.45, 7) is 6.72. The molecule has 3 aromatic rings. The van der Waals surface area contributed by atoms with Gasteiger partial charge >= 0.3 is 0 Å². The Kier molecular flexibility index (Phi) is 6.27. The Labute approximate surface area is 165 Å². The lowest BCUT2D eigenvalue weighted by Gasteiger charge is -2.11. The highest BCUT2D eigenvalue weighted by Crippen LogP contribution is 2.18. The summed E-state index contributed by atoms with van der Waals surface area (Å²) < 4.78 is 5.60. The topological polar surface area (TPSA) is 63.2 Å². The molecule has 0 atom stereocenters. The standard InChI is InChI=1S/C23H25N3O2/c1-16(2)28-21-11-8-19(9-12-21)26-23(27)22-13-10-20(15-25-22)24-14-18-6-4-17(3)5-7-18/h4-13,15-16,24H,14H2,1-3H3,(H,26,27). The van der Waals surface area contributed by atoms with Gasteiger partial charge in [-0.3, -0.25) is 4.79 Å². The Morgan fingerprint density at radius 2 is 1.64 bits per heavy atom. The van der Waals surface area contributed by atoms with Crippen LogP contribution in [0.15, 0.2) is 66.9 Å². The monoisotopic (exact) mass is 375 g/mol. The molecule has 0 fully saturated rings. The number of ether oxygens (including phenoxy) is 1. The van der Waals surface area contributed by atoms with Crippen molar-refractivity contribution in [1.82, 2.24) is 4.98 Å². The molecule has 0 aliphatic rings. The minimum atomic E-state index is -0.248. The van der Waals surface area contributed by atoms with E-state index < -0.39 is 0 Å². The summed E-state index contributed by atoms with van der Waals surface area (Å²) >= 11 is 0. The number of nitrogens with zero attached hydrogens (tertiary/aromatic N) is 1. The predicted octanol–water partition coefficient (Wildman–Crippen LogP) is 5.04. The molecule has 5 nitrogen and oxygen atoms in total. The molecule has 28 heavy (non-hydrogen) atoms. The highest BCUT2D eigenvalue weighted by Gasteiger charge is 2.08. The molecular formula is C23H25N3O2. The molecule has 0 aliphatic carbocycles. The third-order valence-corrected chi connectivity index (χ3v) is 4.10. The third-order valence-electron chi connectivity index (χ3n) is 4.10. The fourth-order valence-corrected chi connectivity index (χ4v) is 2.63. The minimum absolute atomic E-state index is 0.114. The smallest absolute Gasteiger partial charge is 0.274 e. The number of anilines is 2. The molecule has 2 aromatic carbocycles. The van der Waals surface area contributed by atoms with E-state index in [2.05, 4.69) is 46.8 Å². The largest absolute Gasteiger partial charge is 0.491 e. The summed E-state index contributed by atoms with van der Waals surface area (Å²) in [6, 6.07) is 19.2. The summed E-state index contributed by atoms with van der Waals surface area (Å²) in [4.78, 5) is 16.6. The van der Waals surface area contributed by atoms with E-state index in [0.717, 1.165) is 11.4 Å². The molecule has 1 heterocycles. The summed E-state index contributed by atoms with van der Waals surface area (Å²) in [6.07, 6.45) is 1.78. The molecular weight excluding hydrogens is 350 g/mol. The lowest BCUT2D eigenvalue weighted by atomic mass is 10.1. The van der Waals surface area contributed by atoms with Crippen LogP contribution in [0.1, 0.15) is 35.5 Å². The predicted molar refractivity (Wildman–Crippen MR) is 113 cm³/mol. The number of carbonyl (C=O) groups excluding carboxylic acids is 1. The van der Waals surface area contributed by atoms with E-state index in [4.69, 9.17) is 4.74 Å². The lowest BCUT2D eigenvalue weighted by molar-refractivity contribution is 0.102. The number of hydrogen-bond donors (Lipinski definition) is 2. The van der Waals surface area contributed by atoms with Crippen molar-refractivity contribution in [3.8, 4) is 5.75 Å². The van der Waals surface area contributed by atoms with Gasteiger partial charge in [0.25, 0.3) is 5.91 Å². The van der Waals surface area contributed by atoms with Crippen LogP contribution in [-0.4, -0.2) is 17.0 Å².